The normalized spacial score (nSPS) is 10.8. The molecule has 0 aliphatic heterocycles. The van der Waals surface area contributed by atoms with E-state index in [0.717, 1.165) is 19.2 Å². The topological polar surface area (TPSA) is 35.0 Å². The minimum Gasteiger partial charge on any atom is -0.378 e. The van der Waals surface area contributed by atoms with Gasteiger partial charge in [0.15, 0.2) is 0 Å². The molecule has 0 N–H and O–H groups in total. The number of nitrogens with zero attached hydrogens (tertiary/aromatic N) is 2. The van der Waals surface area contributed by atoms with Gasteiger partial charge in [-0.25, -0.2) is 9.97 Å². The average Bonchev–Trinajstić information content (AvgIpc) is 2.43. The van der Waals surface area contributed by atoms with E-state index in [9.17, 15) is 0 Å². The lowest BCUT2D eigenvalue weighted by Crippen LogP contribution is -2.03. The molecule has 0 radical (unpaired) electrons. The van der Waals surface area contributed by atoms with Crippen molar-refractivity contribution in [3.05, 3.63) is 49.5 Å². The van der Waals surface area contributed by atoms with Crippen molar-refractivity contribution in [3.8, 4) is 0 Å². The van der Waals surface area contributed by atoms with Crippen molar-refractivity contribution in [1.29, 1.82) is 0 Å². The van der Waals surface area contributed by atoms with Crippen LogP contribution in [0.25, 0.3) is 0 Å². The van der Waals surface area contributed by atoms with Crippen LogP contribution in [0.15, 0.2) is 29.2 Å². The minimum atomic E-state index is 0.421. The molecule has 2 aromatic rings. The lowest BCUT2D eigenvalue weighted by Gasteiger charge is -2.08. The van der Waals surface area contributed by atoms with Crippen LogP contribution in [-0.2, 0) is 17.1 Å². The zero-order valence-corrected chi connectivity index (χ0v) is 15.1. The quantitative estimate of drug-likeness (QED) is 0.379. The Bertz CT molecular complexity index is 613. The molecule has 0 aliphatic carbocycles. The summed E-state index contributed by atoms with van der Waals surface area (Å²) in [7, 11) is 1.63. The summed E-state index contributed by atoms with van der Waals surface area (Å²) in [6.45, 7) is 0.421. The van der Waals surface area contributed by atoms with Crippen LogP contribution in [0.2, 0.25) is 10.2 Å². The zero-order chi connectivity index (χ0) is 14.5. The van der Waals surface area contributed by atoms with Gasteiger partial charge in [-0.3, -0.25) is 0 Å². The molecular weight excluding hydrogens is 430 g/mol. The van der Waals surface area contributed by atoms with Crippen molar-refractivity contribution in [3.63, 3.8) is 0 Å². The Kier molecular flexibility index (Phi) is 6.35. The molecule has 0 spiro atoms. The molecule has 0 unspecified atom stereocenters. The Morgan fingerprint density at radius 2 is 2.00 bits per heavy atom. The summed E-state index contributed by atoms with van der Waals surface area (Å²) in [6.07, 6.45) is 0. The second-order valence-corrected chi connectivity index (χ2v) is 6.70. The van der Waals surface area contributed by atoms with Crippen LogP contribution >= 0.6 is 57.6 Å². The van der Waals surface area contributed by atoms with Gasteiger partial charge in [-0.1, -0.05) is 35.3 Å². The summed E-state index contributed by atoms with van der Waals surface area (Å²) in [4.78, 5) is 9.76. The molecule has 0 fully saturated rings. The summed E-state index contributed by atoms with van der Waals surface area (Å²) < 4.78 is 5.95. The van der Waals surface area contributed by atoms with Crippen molar-refractivity contribution in [2.45, 2.75) is 17.3 Å². The Hall–Kier alpha value is -0.0800. The number of aromatic nitrogens is 2. The van der Waals surface area contributed by atoms with Crippen molar-refractivity contribution < 1.29 is 4.74 Å². The van der Waals surface area contributed by atoms with E-state index in [-0.39, 0.29) is 0 Å². The molecule has 0 saturated carbocycles. The van der Waals surface area contributed by atoms with Gasteiger partial charge in [-0.2, -0.15) is 0 Å². The number of ether oxygens (including phenoxy) is 1. The molecule has 3 nitrogen and oxygen atoms in total. The summed E-state index contributed by atoms with van der Waals surface area (Å²) in [6, 6.07) is 7.69. The van der Waals surface area contributed by atoms with E-state index in [4.69, 9.17) is 27.9 Å². The largest absolute Gasteiger partial charge is 0.378 e. The molecule has 0 saturated heterocycles. The third kappa shape index (κ3) is 4.21. The Morgan fingerprint density at radius 1 is 1.25 bits per heavy atom. The molecule has 1 aromatic heterocycles. The average molecular weight is 441 g/mol. The molecule has 0 bridgehead atoms. The highest BCUT2D eigenvalue weighted by atomic mass is 127. The highest BCUT2D eigenvalue weighted by Crippen LogP contribution is 2.29. The fourth-order valence-corrected chi connectivity index (χ4v) is 3.21. The van der Waals surface area contributed by atoms with Crippen LogP contribution in [0.5, 0.6) is 0 Å². The fourth-order valence-electron chi connectivity index (χ4n) is 1.51. The van der Waals surface area contributed by atoms with Gasteiger partial charge in [0.1, 0.15) is 11.0 Å². The number of rotatable bonds is 5. The molecule has 1 aromatic carbocycles. The molecule has 0 amide bonds. The zero-order valence-electron chi connectivity index (χ0n) is 10.6. The maximum absolute atomic E-state index is 6.12. The highest BCUT2D eigenvalue weighted by Gasteiger charge is 2.11. The van der Waals surface area contributed by atoms with E-state index in [1.807, 2.05) is 24.3 Å². The van der Waals surface area contributed by atoms with Crippen molar-refractivity contribution in [2.24, 2.45) is 0 Å². The molecule has 0 aliphatic rings. The van der Waals surface area contributed by atoms with E-state index in [1.54, 1.807) is 18.9 Å². The lowest BCUT2D eigenvalue weighted by molar-refractivity contribution is 0.180. The SMILES string of the molecule is COCc1nc(CSc2ccccc2Cl)nc(Cl)c1I. The smallest absolute Gasteiger partial charge is 0.146 e. The van der Waals surface area contributed by atoms with Gasteiger partial charge in [0, 0.05) is 12.0 Å². The van der Waals surface area contributed by atoms with Gasteiger partial charge in [0.2, 0.25) is 0 Å². The van der Waals surface area contributed by atoms with Gasteiger partial charge in [0.25, 0.3) is 0 Å². The third-order valence-corrected chi connectivity index (χ3v) is 5.64. The van der Waals surface area contributed by atoms with Crippen molar-refractivity contribution in [1.82, 2.24) is 9.97 Å². The first-order valence-corrected chi connectivity index (χ1v) is 8.51. The summed E-state index contributed by atoms with van der Waals surface area (Å²) in [5.41, 5.74) is 0.808. The van der Waals surface area contributed by atoms with Crippen LogP contribution in [0, 0.1) is 3.57 Å². The fraction of sp³-hybridized carbons (Fsp3) is 0.231. The number of hydrogen-bond acceptors (Lipinski definition) is 4. The first-order valence-electron chi connectivity index (χ1n) is 5.69. The molecule has 106 valence electrons. The number of halogens is 3. The Balaban J connectivity index is 2.16. The van der Waals surface area contributed by atoms with E-state index in [0.29, 0.717) is 23.3 Å². The molecule has 0 atom stereocenters. The number of hydrogen-bond donors (Lipinski definition) is 0. The first-order chi connectivity index (χ1) is 9.61. The molecule has 20 heavy (non-hydrogen) atoms. The Labute approximate surface area is 145 Å². The number of methoxy groups -OCH3 is 1. The van der Waals surface area contributed by atoms with Crippen molar-refractivity contribution in [2.75, 3.05) is 7.11 Å². The number of benzene rings is 1. The third-order valence-electron chi connectivity index (χ3n) is 2.40. The van der Waals surface area contributed by atoms with Gasteiger partial charge in [-0.15, -0.1) is 11.8 Å². The first kappa shape index (κ1) is 16.3. The molecule has 1 heterocycles. The summed E-state index contributed by atoms with van der Waals surface area (Å²) in [5.74, 6) is 1.28. The molecular formula is C13H11Cl2IN2OS. The Morgan fingerprint density at radius 3 is 2.70 bits per heavy atom. The van der Waals surface area contributed by atoms with E-state index < -0.39 is 0 Å². The lowest BCUT2D eigenvalue weighted by atomic mass is 10.4. The van der Waals surface area contributed by atoms with Crippen LogP contribution in [-0.4, -0.2) is 17.1 Å². The second kappa shape index (κ2) is 7.79. The van der Waals surface area contributed by atoms with Crippen molar-refractivity contribution >= 4 is 57.6 Å². The van der Waals surface area contributed by atoms with E-state index in [2.05, 4.69) is 32.6 Å². The minimum absolute atomic E-state index is 0.421. The van der Waals surface area contributed by atoms with Gasteiger partial charge < -0.3 is 4.74 Å². The van der Waals surface area contributed by atoms with E-state index >= 15 is 0 Å². The molecule has 7 heteroatoms. The van der Waals surface area contributed by atoms with Gasteiger partial charge in [0.05, 0.1) is 26.6 Å². The highest BCUT2D eigenvalue weighted by molar-refractivity contribution is 14.1. The standard InChI is InChI=1S/C13H11Cl2IN2OS/c1-19-6-9-12(16)13(15)18-11(17-9)7-20-10-5-3-2-4-8(10)14/h2-5H,6-7H2,1H3. The predicted molar refractivity (Wildman–Crippen MR) is 91.5 cm³/mol. The van der Waals surface area contributed by atoms with Crippen LogP contribution in [0.3, 0.4) is 0 Å². The van der Waals surface area contributed by atoms with Crippen LogP contribution < -0.4 is 0 Å². The second-order valence-electron chi connectivity index (χ2n) is 3.84. The van der Waals surface area contributed by atoms with Crippen LogP contribution in [0.4, 0.5) is 0 Å². The maximum atomic E-state index is 6.12. The van der Waals surface area contributed by atoms with Gasteiger partial charge >= 0.3 is 0 Å². The monoisotopic (exact) mass is 440 g/mol. The predicted octanol–water partition coefficient (Wildman–Crippen LogP) is 4.83. The molecule has 2 rings (SSSR count). The summed E-state index contributed by atoms with van der Waals surface area (Å²) in [5, 5.41) is 1.19. The van der Waals surface area contributed by atoms with E-state index in [1.165, 1.54) is 0 Å². The van der Waals surface area contributed by atoms with Gasteiger partial charge in [-0.05, 0) is 34.7 Å². The van der Waals surface area contributed by atoms with Crippen LogP contribution in [0.1, 0.15) is 11.5 Å². The summed E-state index contributed by atoms with van der Waals surface area (Å²) >= 11 is 15.9. The number of thioether (sulfide) groups is 1. The maximum Gasteiger partial charge on any atom is 0.146 e.